The van der Waals surface area contributed by atoms with Crippen molar-refractivity contribution in [2.75, 3.05) is 19.8 Å². The molecule has 0 spiro atoms. The van der Waals surface area contributed by atoms with Crippen LogP contribution in [-0.2, 0) is 9.53 Å². The SMILES string of the molecule is O=C1N[C@@H](c2ccc(OC(F)F)c(Cl)c2)N2CCOC[C@@H]12. The number of ether oxygens (including phenoxy) is 2. The third kappa shape index (κ3) is 2.81. The fourth-order valence-corrected chi connectivity index (χ4v) is 2.85. The van der Waals surface area contributed by atoms with Gasteiger partial charge in [0.2, 0.25) is 5.91 Å². The van der Waals surface area contributed by atoms with Crippen LogP contribution < -0.4 is 10.1 Å². The molecule has 2 heterocycles. The molecule has 0 radical (unpaired) electrons. The van der Waals surface area contributed by atoms with Crippen molar-refractivity contribution in [3.05, 3.63) is 28.8 Å². The molecule has 2 atom stereocenters. The van der Waals surface area contributed by atoms with Gasteiger partial charge in [0.05, 0.1) is 18.2 Å². The molecule has 21 heavy (non-hydrogen) atoms. The van der Waals surface area contributed by atoms with Gasteiger partial charge in [0.25, 0.3) is 0 Å². The second kappa shape index (κ2) is 5.75. The molecule has 0 unspecified atom stereocenters. The highest BCUT2D eigenvalue weighted by molar-refractivity contribution is 6.32. The first kappa shape index (κ1) is 14.5. The van der Waals surface area contributed by atoms with E-state index in [1.54, 1.807) is 6.07 Å². The molecule has 0 aliphatic carbocycles. The minimum Gasteiger partial charge on any atom is -0.433 e. The van der Waals surface area contributed by atoms with E-state index in [1.165, 1.54) is 12.1 Å². The number of morpholine rings is 1. The summed E-state index contributed by atoms with van der Waals surface area (Å²) in [6.45, 7) is -1.42. The second-order valence-corrected chi connectivity index (χ2v) is 5.22. The van der Waals surface area contributed by atoms with Gasteiger partial charge in [-0.2, -0.15) is 8.78 Å². The molecule has 8 heteroatoms. The normalized spacial score (nSPS) is 25.8. The molecule has 0 aromatic heterocycles. The molecular formula is C13H13ClF2N2O3. The van der Waals surface area contributed by atoms with Gasteiger partial charge in [-0.05, 0) is 17.7 Å². The molecule has 3 rings (SSSR count). The van der Waals surface area contributed by atoms with Crippen molar-refractivity contribution in [2.24, 2.45) is 0 Å². The van der Waals surface area contributed by atoms with Crippen LogP contribution in [0.25, 0.3) is 0 Å². The summed E-state index contributed by atoms with van der Waals surface area (Å²) in [4.78, 5) is 13.9. The molecule has 5 nitrogen and oxygen atoms in total. The van der Waals surface area contributed by atoms with Crippen molar-refractivity contribution in [2.45, 2.75) is 18.8 Å². The average Bonchev–Trinajstić information content (AvgIpc) is 2.79. The molecule has 1 aromatic rings. The Morgan fingerprint density at radius 2 is 2.29 bits per heavy atom. The lowest BCUT2D eigenvalue weighted by Gasteiger charge is -2.31. The summed E-state index contributed by atoms with van der Waals surface area (Å²) < 4.78 is 34.0. The third-order valence-corrected chi connectivity index (χ3v) is 3.87. The Bertz CT molecular complexity index is 558. The number of carbonyl (C=O) groups excluding carboxylic acids is 1. The first-order valence-corrected chi connectivity index (χ1v) is 6.82. The van der Waals surface area contributed by atoms with Crippen LogP contribution in [0.1, 0.15) is 11.7 Å². The largest absolute Gasteiger partial charge is 0.433 e. The molecule has 0 bridgehead atoms. The van der Waals surface area contributed by atoms with Gasteiger partial charge in [-0.25, -0.2) is 0 Å². The number of nitrogens with zero attached hydrogens (tertiary/aromatic N) is 1. The molecule has 2 saturated heterocycles. The van der Waals surface area contributed by atoms with E-state index in [1.807, 2.05) is 4.90 Å². The highest BCUT2D eigenvalue weighted by atomic mass is 35.5. The van der Waals surface area contributed by atoms with E-state index in [-0.39, 0.29) is 28.9 Å². The highest BCUT2D eigenvalue weighted by Crippen LogP contribution is 2.33. The van der Waals surface area contributed by atoms with Gasteiger partial charge >= 0.3 is 6.61 Å². The van der Waals surface area contributed by atoms with Crippen LogP contribution in [0, 0.1) is 0 Å². The van der Waals surface area contributed by atoms with Gasteiger partial charge in [0.15, 0.2) is 0 Å². The fourth-order valence-electron chi connectivity index (χ4n) is 2.62. The fraction of sp³-hybridized carbons (Fsp3) is 0.462. The molecule has 2 fully saturated rings. The molecule has 114 valence electrons. The smallest absolute Gasteiger partial charge is 0.387 e. The van der Waals surface area contributed by atoms with Gasteiger partial charge in [-0.15, -0.1) is 0 Å². The van der Waals surface area contributed by atoms with Crippen molar-refractivity contribution in [3.8, 4) is 5.75 Å². The molecule has 2 aliphatic heterocycles. The number of hydrogen-bond donors (Lipinski definition) is 1. The molecule has 1 aromatic carbocycles. The Morgan fingerprint density at radius 3 is 3.00 bits per heavy atom. The standard InChI is InChI=1S/C13H13ClF2N2O3/c14-8-5-7(1-2-10(8)21-13(15)16)11-17-12(19)9-6-20-4-3-18(9)11/h1-2,5,9,11,13H,3-4,6H2,(H,17,19)/t9-,11+/m0/s1. The van der Waals surface area contributed by atoms with Gasteiger partial charge in [-0.3, -0.25) is 9.69 Å². The number of benzene rings is 1. The number of alkyl halides is 2. The van der Waals surface area contributed by atoms with E-state index < -0.39 is 6.61 Å². The summed E-state index contributed by atoms with van der Waals surface area (Å²) in [5.41, 5.74) is 0.722. The summed E-state index contributed by atoms with van der Waals surface area (Å²) >= 11 is 5.95. The van der Waals surface area contributed by atoms with Crippen LogP contribution >= 0.6 is 11.6 Å². The van der Waals surface area contributed by atoms with Crippen LogP contribution in [0.4, 0.5) is 8.78 Å². The van der Waals surface area contributed by atoms with Crippen molar-refractivity contribution < 1.29 is 23.0 Å². The summed E-state index contributed by atoms with van der Waals surface area (Å²) in [5, 5.41) is 2.94. The number of halogens is 3. The molecule has 1 amide bonds. The van der Waals surface area contributed by atoms with Crippen molar-refractivity contribution in [1.82, 2.24) is 10.2 Å². The first-order valence-electron chi connectivity index (χ1n) is 6.44. The van der Waals surface area contributed by atoms with Gasteiger partial charge in [0, 0.05) is 6.54 Å². The lowest BCUT2D eigenvalue weighted by atomic mass is 10.1. The number of fused-ring (bicyclic) bond motifs is 1. The monoisotopic (exact) mass is 318 g/mol. The first-order chi connectivity index (χ1) is 10.1. The molecule has 2 aliphatic rings. The molecule has 1 N–H and O–H groups in total. The van der Waals surface area contributed by atoms with Crippen LogP contribution in [0.3, 0.4) is 0 Å². The lowest BCUT2D eigenvalue weighted by molar-refractivity contribution is -0.125. The zero-order valence-electron chi connectivity index (χ0n) is 10.9. The lowest BCUT2D eigenvalue weighted by Crippen LogP contribution is -2.44. The van der Waals surface area contributed by atoms with Crippen LogP contribution in [0.2, 0.25) is 5.02 Å². The van der Waals surface area contributed by atoms with Crippen LogP contribution in [-0.4, -0.2) is 43.2 Å². The third-order valence-electron chi connectivity index (χ3n) is 3.57. The summed E-state index contributed by atoms with van der Waals surface area (Å²) in [6, 6.07) is 4.21. The van der Waals surface area contributed by atoms with E-state index >= 15 is 0 Å². The Morgan fingerprint density at radius 1 is 1.48 bits per heavy atom. The van der Waals surface area contributed by atoms with Crippen LogP contribution in [0.5, 0.6) is 5.75 Å². The predicted molar refractivity (Wildman–Crippen MR) is 70.3 cm³/mol. The van der Waals surface area contributed by atoms with E-state index in [0.717, 1.165) is 5.56 Å². The number of rotatable bonds is 3. The maximum Gasteiger partial charge on any atom is 0.387 e. The van der Waals surface area contributed by atoms with Crippen LogP contribution in [0.15, 0.2) is 18.2 Å². The van der Waals surface area contributed by atoms with E-state index in [9.17, 15) is 13.6 Å². The minimum absolute atomic E-state index is 0.0822. The van der Waals surface area contributed by atoms with E-state index in [0.29, 0.717) is 19.8 Å². The Hall–Kier alpha value is -1.44. The topological polar surface area (TPSA) is 50.8 Å². The minimum atomic E-state index is -2.93. The summed E-state index contributed by atoms with van der Waals surface area (Å²) in [5.74, 6) is -0.193. The zero-order valence-corrected chi connectivity index (χ0v) is 11.6. The summed E-state index contributed by atoms with van der Waals surface area (Å²) in [6.07, 6.45) is -0.329. The number of hydrogen-bond acceptors (Lipinski definition) is 4. The Balaban J connectivity index is 1.83. The number of amides is 1. The molecule has 0 saturated carbocycles. The maximum atomic E-state index is 12.2. The average molecular weight is 319 g/mol. The predicted octanol–water partition coefficient (Wildman–Crippen LogP) is 1.77. The van der Waals surface area contributed by atoms with Gasteiger partial charge in [-0.1, -0.05) is 17.7 Å². The Kier molecular flexibility index (Phi) is 3.97. The molecular weight excluding hydrogens is 306 g/mol. The van der Waals surface area contributed by atoms with E-state index in [2.05, 4.69) is 10.1 Å². The quantitative estimate of drug-likeness (QED) is 0.923. The Labute approximate surface area is 124 Å². The maximum absolute atomic E-state index is 12.2. The van der Waals surface area contributed by atoms with Gasteiger partial charge in [0.1, 0.15) is 18.0 Å². The van der Waals surface area contributed by atoms with Crippen molar-refractivity contribution in [1.29, 1.82) is 0 Å². The number of nitrogens with one attached hydrogen (secondary N) is 1. The highest BCUT2D eigenvalue weighted by Gasteiger charge is 2.42. The van der Waals surface area contributed by atoms with Crippen molar-refractivity contribution >= 4 is 17.5 Å². The summed E-state index contributed by atoms with van der Waals surface area (Å²) in [7, 11) is 0. The second-order valence-electron chi connectivity index (χ2n) is 4.81. The number of carbonyl (C=O) groups is 1. The van der Waals surface area contributed by atoms with Crippen molar-refractivity contribution in [3.63, 3.8) is 0 Å². The van der Waals surface area contributed by atoms with Gasteiger partial charge < -0.3 is 14.8 Å². The zero-order chi connectivity index (χ0) is 15.0. The van der Waals surface area contributed by atoms with E-state index in [4.69, 9.17) is 16.3 Å².